The Hall–Kier alpha value is -2.55. The Bertz CT molecular complexity index is 612. The number of amides is 3. The van der Waals surface area contributed by atoms with Crippen LogP contribution in [0.25, 0.3) is 0 Å². The van der Waals surface area contributed by atoms with Crippen molar-refractivity contribution in [1.82, 2.24) is 20.2 Å². The quantitative estimate of drug-likeness (QED) is 0.385. The molecule has 0 bridgehead atoms. The molecule has 9 nitrogen and oxygen atoms in total. The SMILES string of the molecule is CCCCC(CN(O)C=O)C(=O)N1CCCC1C(=O)Nc1cccnn1. The van der Waals surface area contributed by atoms with Crippen LogP contribution < -0.4 is 5.32 Å². The molecule has 1 aromatic rings. The summed E-state index contributed by atoms with van der Waals surface area (Å²) in [6.45, 7) is 2.41. The van der Waals surface area contributed by atoms with Crippen LogP contribution in [-0.2, 0) is 14.4 Å². The molecule has 2 atom stereocenters. The van der Waals surface area contributed by atoms with Crippen molar-refractivity contribution in [2.75, 3.05) is 18.4 Å². The molecule has 3 amide bonds. The van der Waals surface area contributed by atoms with Crippen molar-refractivity contribution in [3.05, 3.63) is 18.3 Å². The zero-order chi connectivity index (χ0) is 18.9. The average molecular weight is 363 g/mol. The summed E-state index contributed by atoms with van der Waals surface area (Å²) in [5.74, 6) is -0.713. The summed E-state index contributed by atoms with van der Waals surface area (Å²) in [5.41, 5.74) is 0. The second-order valence-corrected chi connectivity index (χ2v) is 6.35. The van der Waals surface area contributed by atoms with E-state index in [0.717, 1.165) is 19.3 Å². The molecule has 2 N–H and O–H groups in total. The van der Waals surface area contributed by atoms with Gasteiger partial charge in [-0.2, -0.15) is 5.10 Å². The fraction of sp³-hybridized carbons (Fsp3) is 0.588. The van der Waals surface area contributed by atoms with Crippen LogP contribution in [0.2, 0.25) is 0 Å². The maximum absolute atomic E-state index is 12.9. The van der Waals surface area contributed by atoms with Crippen LogP contribution in [0.15, 0.2) is 18.3 Å². The smallest absolute Gasteiger partial charge is 0.248 e. The third-order valence-corrected chi connectivity index (χ3v) is 4.45. The van der Waals surface area contributed by atoms with Gasteiger partial charge in [-0.05, 0) is 31.4 Å². The molecular formula is C17H25N5O4. The van der Waals surface area contributed by atoms with Crippen molar-refractivity contribution in [3.63, 3.8) is 0 Å². The molecule has 0 aliphatic carbocycles. The van der Waals surface area contributed by atoms with Crippen LogP contribution in [0.5, 0.6) is 0 Å². The number of hydroxylamine groups is 2. The first-order chi connectivity index (χ1) is 12.6. The highest BCUT2D eigenvalue weighted by Gasteiger charge is 2.37. The van der Waals surface area contributed by atoms with Crippen LogP contribution in [0.3, 0.4) is 0 Å². The van der Waals surface area contributed by atoms with Gasteiger partial charge in [0.1, 0.15) is 6.04 Å². The van der Waals surface area contributed by atoms with Crippen molar-refractivity contribution < 1.29 is 19.6 Å². The van der Waals surface area contributed by atoms with Crippen molar-refractivity contribution >= 4 is 24.0 Å². The van der Waals surface area contributed by atoms with E-state index in [1.54, 1.807) is 17.0 Å². The molecule has 1 aliphatic rings. The minimum atomic E-state index is -0.586. The Morgan fingerprint density at radius 1 is 1.54 bits per heavy atom. The first-order valence-corrected chi connectivity index (χ1v) is 8.86. The standard InChI is InChI=1S/C17H25N5O4/c1-2-3-6-13(11-21(26)12-23)17(25)22-10-5-7-14(22)16(24)19-15-8-4-9-18-20-15/h4,8-9,12-14,26H,2-3,5-7,10-11H2,1H3,(H,19,20,24). The lowest BCUT2D eigenvalue weighted by Gasteiger charge is -2.29. The lowest BCUT2D eigenvalue weighted by atomic mass is 9.99. The highest BCUT2D eigenvalue weighted by molar-refractivity contribution is 5.97. The lowest BCUT2D eigenvalue weighted by molar-refractivity contribution is -0.157. The Morgan fingerprint density at radius 3 is 3.00 bits per heavy atom. The summed E-state index contributed by atoms with van der Waals surface area (Å²) in [7, 11) is 0. The number of hydrogen-bond donors (Lipinski definition) is 2. The van der Waals surface area contributed by atoms with Gasteiger partial charge in [0.25, 0.3) is 0 Å². The second kappa shape index (κ2) is 9.81. The molecule has 9 heteroatoms. The van der Waals surface area contributed by atoms with Crippen LogP contribution >= 0.6 is 0 Å². The zero-order valence-electron chi connectivity index (χ0n) is 14.9. The van der Waals surface area contributed by atoms with Gasteiger partial charge in [-0.3, -0.25) is 19.6 Å². The summed E-state index contributed by atoms with van der Waals surface area (Å²) in [4.78, 5) is 37.7. The molecule has 142 valence electrons. The minimum absolute atomic E-state index is 0.0721. The van der Waals surface area contributed by atoms with Gasteiger partial charge in [-0.25, -0.2) is 5.06 Å². The summed E-state index contributed by atoms with van der Waals surface area (Å²) >= 11 is 0. The van der Waals surface area contributed by atoms with Gasteiger partial charge in [-0.15, -0.1) is 5.10 Å². The number of nitrogens with zero attached hydrogens (tertiary/aromatic N) is 4. The zero-order valence-corrected chi connectivity index (χ0v) is 14.9. The van der Waals surface area contributed by atoms with Gasteiger partial charge in [0.05, 0.1) is 12.5 Å². The predicted molar refractivity (Wildman–Crippen MR) is 93.0 cm³/mol. The molecular weight excluding hydrogens is 338 g/mol. The average Bonchev–Trinajstić information content (AvgIpc) is 3.15. The van der Waals surface area contributed by atoms with Crippen molar-refractivity contribution in [3.8, 4) is 0 Å². The number of unbranched alkanes of at least 4 members (excludes halogenated alkanes) is 1. The Kier molecular flexibility index (Phi) is 7.46. The monoisotopic (exact) mass is 363 g/mol. The maximum Gasteiger partial charge on any atom is 0.248 e. The third-order valence-electron chi connectivity index (χ3n) is 4.45. The number of nitrogens with one attached hydrogen (secondary N) is 1. The van der Waals surface area contributed by atoms with Gasteiger partial charge in [0, 0.05) is 12.7 Å². The fourth-order valence-electron chi connectivity index (χ4n) is 3.13. The number of carbonyl (C=O) groups is 3. The minimum Gasteiger partial charge on any atom is -0.330 e. The summed E-state index contributed by atoms with van der Waals surface area (Å²) in [6.07, 6.45) is 5.33. The molecule has 1 saturated heterocycles. The molecule has 2 unspecified atom stereocenters. The van der Waals surface area contributed by atoms with Crippen molar-refractivity contribution in [2.24, 2.45) is 5.92 Å². The van der Waals surface area contributed by atoms with Gasteiger partial charge in [0.2, 0.25) is 18.2 Å². The number of rotatable bonds is 9. The molecule has 0 aromatic carbocycles. The summed E-state index contributed by atoms with van der Waals surface area (Å²) < 4.78 is 0. The van der Waals surface area contributed by atoms with E-state index in [0.29, 0.717) is 30.3 Å². The van der Waals surface area contributed by atoms with Crippen molar-refractivity contribution in [1.29, 1.82) is 0 Å². The molecule has 0 saturated carbocycles. The first-order valence-electron chi connectivity index (χ1n) is 8.86. The number of likely N-dealkylation sites (tertiary alicyclic amines) is 1. The molecule has 2 heterocycles. The van der Waals surface area contributed by atoms with Gasteiger partial charge < -0.3 is 10.2 Å². The van der Waals surface area contributed by atoms with E-state index < -0.39 is 12.0 Å². The van der Waals surface area contributed by atoms with Gasteiger partial charge >= 0.3 is 0 Å². The maximum atomic E-state index is 12.9. The molecule has 1 aliphatic heterocycles. The molecule has 0 radical (unpaired) electrons. The topological polar surface area (TPSA) is 116 Å². The molecule has 1 aromatic heterocycles. The largest absolute Gasteiger partial charge is 0.330 e. The summed E-state index contributed by atoms with van der Waals surface area (Å²) in [5, 5.41) is 20.2. The van der Waals surface area contributed by atoms with Crippen LogP contribution in [-0.4, -0.2) is 62.7 Å². The van der Waals surface area contributed by atoms with E-state index in [4.69, 9.17) is 0 Å². The predicted octanol–water partition coefficient (Wildman–Crippen LogP) is 1.06. The van der Waals surface area contributed by atoms with E-state index in [2.05, 4.69) is 15.5 Å². The van der Waals surface area contributed by atoms with E-state index >= 15 is 0 Å². The Balaban J connectivity index is 2.06. The lowest BCUT2D eigenvalue weighted by Crippen LogP contribution is -2.47. The highest BCUT2D eigenvalue weighted by atomic mass is 16.5. The van der Waals surface area contributed by atoms with Crippen LogP contribution in [0.1, 0.15) is 39.0 Å². The van der Waals surface area contributed by atoms with Crippen LogP contribution in [0.4, 0.5) is 5.82 Å². The molecule has 26 heavy (non-hydrogen) atoms. The van der Waals surface area contributed by atoms with Crippen molar-refractivity contribution in [2.45, 2.75) is 45.1 Å². The van der Waals surface area contributed by atoms with E-state index in [1.807, 2.05) is 6.92 Å². The Morgan fingerprint density at radius 2 is 2.35 bits per heavy atom. The number of anilines is 1. The number of hydrogen-bond acceptors (Lipinski definition) is 6. The molecule has 2 rings (SSSR count). The molecule has 1 fully saturated rings. The normalized spacial score (nSPS) is 17.6. The highest BCUT2D eigenvalue weighted by Crippen LogP contribution is 2.23. The third kappa shape index (κ3) is 5.22. The van der Waals surface area contributed by atoms with Gasteiger partial charge in [-0.1, -0.05) is 19.8 Å². The second-order valence-electron chi connectivity index (χ2n) is 6.35. The molecule has 0 spiro atoms. The number of carbonyl (C=O) groups excluding carboxylic acids is 3. The van der Waals surface area contributed by atoms with Crippen LogP contribution in [0, 0.1) is 5.92 Å². The van der Waals surface area contributed by atoms with E-state index in [-0.39, 0.29) is 24.8 Å². The summed E-state index contributed by atoms with van der Waals surface area (Å²) in [6, 6.07) is 2.71. The fourth-order valence-corrected chi connectivity index (χ4v) is 3.13. The van der Waals surface area contributed by atoms with E-state index in [1.165, 1.54) is 6.20 Å². The Labute approximate surface area is 152 Å². The first kappa shape index (κ1) is 19.8. The van der Waals surface area contributed by atoms with Gasteiger partial charge in [0.15, 0.2) is 5.82 Å². The number of aromatic nitrogens is 2. The van der Waals surface area contributed by atoms with E-state index in [9.17, 15) is 19.6 Å².